The molecular formula is C27H32N2O3. The summed E-state index contributed by atoms with van der Waals surface area (Å²) in [6.07, 6.45) is 9.17. The Balaban J connectivity index is 1.47. The first-order valence-corrected chi connectivity index (χ1v) is 12.0. The van der Waals surface area contributed by atoms with Crippen molar-refractivity contribution in [3.63, 3.8) is 0 Å². The van der Waals surface area contributed by atoms with Gasteiger partial charge in [-0.1, -0.05) is 43.2 Å². The maximum absolute atomic E-state index is 13.3. The SMILES string of the molecule is COc1cc(C2=NN(Cc3ccccc3)C(=O)[C@@H]3CCCC[C@H]23)ccc1OC1CCCC1. The van der Waals surface area contributed by atoms with Crippen LogP contribution in [0.25, 0.3) is 0 Å². The third-order valence-corrected chi connectivity index (χ3v) is 7.15. The molecule has 2 atom stereocenters. The lowest BCUT2D eigenvalue weighted by molar-refractivity contribution is -0.139. The van der Waals surface area contributed by atoms with E-state index < -0.39 is 0 Å². The first kappa shape index (κ1) is 21.0. The zero-order valence-corrected chi connectivity index (χ0v) is 18.8. The summed E-state index contributed by atoms with van der Waals surface area (Å²) in [7, 11) is 1.69. The van der Waals surface area contributed by atoms with E-state index >= 15 is 0 Å². The monoisotopic (exact) mass is 432 g/mol. The highest BCUT2D eigenvalue weighted by atomic mass is 16.5. The number of methoxy groups -OCH3 is 1. The average molecular weight is 433 g/mol. The molecule has 5 rings (SSSR count). The van der Waals surface area contributed by atoms with E-state index in [1.54, 1.807) is 12.1 Å². The Bertz CT molecular complexity index is 982. The number of hydrazone groups is 1. The lowest BCUT2D eigenvalue weighted by Crippen LogP contribution is -2.45. The molecule has 0 aromatic heterocycles. The molecule has 1 heterocycles. The molecule has 1 aliphatic heterocycles. The molecule has 0 radical (unpaired) electrons. The summed E-state index contributed by atoms with van der Waals surface area (Å²) in [6, 6.07) is 16.3. The van der Waals surface area contributed by atoms with E-state index in [9.17, 15) is 4.79 Å². The minimum atomic E-state index is 0.0142. The van der Waals surface area contributed by atoms with Crippen LogP contribution >= 0.6 is 0 Å². The first-order valence-electron chi connectivity index (χ1n) is 12.0. The lowest BCUT2D eigenvalue weighted by Gasteiger charge is -2.38. The maximum Gasteiger partial charge on any atom is 0.246 e. The Morgan fingerprint density at radius 1 is 0.906 bits per heavy atom. The number of hydrogen-bond donors (Lipinski definition) is 0. The van der Waals surface area contributed by atoms with Gasteiger partial charge in [0.25, 0.3) is 0 Å². The van der Waals surface area contributed by atoms with Gasteiger partial charge in [0.05, 0.1) is 25.5 Å². The van der Waals surface area contributed by atoms with E-state index in [2.05, 4.69) is 6.07 Å². The molecule has 0 saturated heterocycles. The van der Waals surface area contributed by atoms with Gasteiger partial charge in [0.1, 0.15) is 0 Å². The third kappa shape index (κ3) is 4.25. The molecule has 3 aliphatic rings. The van der Waals surface area contributed by atoms with Gasteiger partial charge in [-0.25, -0.2) is 5.01 Å². The molecular weight excluding hydrogens is 400 g/mol. The highest BCUT2D eigenvalue weighted by molar-refractivity contribution is 6.07. The second-order valence-corrected chi connectivity index (χ2v) is 9.25. The molecule has 2 aromatic carbocycles. The van der Waals surface area contributed by atoms with Crippen LogP contribution in [0.2, 0.25) is 0 Å². The van der Waals surface area contributed by atoms with Crippen LogP contribution in [0.15, 0.2) is 53.6 Å². The Labute approximate surface area is 190 Å². The smallest absolute Gasteiger partial charge is 0.246 e. The number of carbonyl (C=O) groups is 1. The van der Waals surface area contributed by atoms with E-state index in [4.69, 9.17) is 14.6 Å². The molecule has 0 N–H and O–H groups in total. The number of rotatable bonds is 6. The fourth-order valence-electron chi connectivity index (χ4n) is 5.45. The second-order valence-electron chi connectivity index (χ2n) is 9.25. The number of fused-ring (bicyclic) bond motifs is 1. The molecule has 2 fully saturated rings. The highest BCUT2D eigenvalue weighted by Crippen LogP contribution is 2.40. The van der Waals surface area contributed by atoms with E-state index in [0.29, 0.717) is 6.54 Å². The molecule has 5 heteroatoms. The van der Waals surface area contributed by atoms with Crippen molar-refractivity contribution >= 4 is 11.6 Å². The molecule has 32 heavy (non-hydrogen) atoms. The summed E-state index contributed by atoms with van der Waals surface area (Å²) >= 11 is 0. The summed E-state index contributed by atoms with van der Waals surface area (Å²) in [5.74, 6) is 1.90. The molecule has 2 aliphatic carbocycles. The number of carbonyl (C=O) groups excluding carboxylic acids is 1. The zero-order valence-electron chi connectivity index (χ0n) is 18.8. The highest BCUT2D eigenvalue weighted by Gasteiger charge is 2.41. The molecule has 2 aromatic rings. The van der Waals surface area contributed by atoms with E-state index in [-0.39, 0.29) is 23.8 Å². The van der Waals surface area contributed by atoms with Gasteiger partial charge in [-0.2, -0.15) is 5.10 Å². The van der Waals surface area contributed by atoms with Gasteiger partial charge >= 0.3 is 0 Å². The van der Waals surface area contributed by atoms with Crippen LogP contribution in [0.4, 0.5) is 0 Å². The Morgan fingerprint density at radius 2 is 1.62 bits per heavy atom. The zero-order chi connectivity index (χ0) is 21.9. The molecule has 0 spiro atoms. The topological polar surface area (TPSA) is 51.1 Å². The second kappa shape index (κ2) is 9.35. The van der Waals surface area contributed by atoms with Crippen LogP contribution in [-0.2, 0) is 11.3 Å². The molecule has 0 bridgehead atoms. The van der Waals surface area contributed by atoms with Gasteiger partial charge in [0.15, 0.2) is 11.5 Å². The van der Waals surface area contributed by atoms with Crippen LogP contribution in [0.1, 0.15) is 62.5 Å². The summed E-state index contributed by atoms with van der Waals surface area (Å²) in [5, 5.41) is 6.61. The van der Waals surface area contributed by atoms with Gasteiger partial charge in [-0.05, 0) is 62.3 Å². The number of nitrogens with zero attached hydrogens (tertiary/aromatic N) is 2. The van der Waals surface area contributed by atoms with E-state index in [0.717, 1.165) is 66.9 Å². The standard InChI is InChI=1S/C27H32N2O3/c1-31-25-17-20(15-16-24(25)32-21-11-5-6-12-21)26-22-13-7-8-14-23(22)27(30)29(28-26)18-19-9-3-2-4-10-19/h2-4,9-10,15-17,21-23H,5-8,11-14,18H2,1H3/t22-,23+/m0/s1. The fourth-order valence-corrected chi connectivity index (χ4v) is 5.45. The van der Waals surface area contributed by atoms with Gasteiger partial charge in [0.2, 0.25) is 5.91 Å². The summed E-state index contributed by atoms with van der Waals surface area (Å²) < 4.78 is 11.9. The van der Waals surface area contributed by atoms with Crippen LogP contribution in [0, 0.1) is 11.8 Å². The van der Waals surface area contributed by atoms with Crippen LogP contribution in [0.3, 0.4) is 0 Å². The van der Waals surface area contributed by atoms with Gasteiger partial charge in [0, 0.05) is 17.4 Å². The maximum atomic E-state index is 13.3. The van der Waals surface area contributed by atoms with Crippen molar-refractivity contribution in [1.82, 2.24) is 5.01 Å². The van der Waals surface area contributed by atoms with Gasteiger partial charge in [-0.3, -0.25) is 4.79 Å². The Kier molecular flexibility index (Phi) is 6.15. The summed E-state index contributed by atoms with van der Waals surface area (Å²) in [6.45, 7) is 0.506. The summed E-state index contributed by atoms with van der Waals surface area (Å²) in [4.78, 5) is 13.3. The minimum absolute atomic E-state index is 0.0142. The molecule has 0 unspecified atom stereocenters. The number of benzene rings is 2. The quantitative estimate of drug-likeness (QED) is 0.600. The van der Waals surface area contributed by atoms with Gasteiger partial charge in [-0.15, -0.1) is 0 Å². The van der Waals surface area contributed by atoms with Gasteiger partial charge < -0.3 is 9.47 Å². The van der Waals surface area contributed by atoms with Crippen molar-refractivity contribution < 1.29 is 14.3 Å². The Hall–Kier alpha value is -2.82. The molecule has 1 amide bonds. The van der Waals surface area contributed by atoms with Crippen LogP contribution in [-0.4, -0.2) is 29.8 Å². The van der Waals surface area contributed by atoms with Crippen molar-refractivity contribution in [3.05, 3.63) is 59.7 Å². The van der Waals surface area contributed by atoms with Crippen molar-refractivity contribution in [2.45, 2.75) is 64.0 Å². The van der Waals surface area contributed by atoms with Crippen molar-refractivity contribution in [2.24, 2.45) is 16.9 Å². The van der Waals surface area contributed by atoms with Crippen molar-refractivity contribution in [1.29, 1.82) is 0 Å². The predicted molar refractivity (Wildman–Crippen MR) is 125 cm³/mol. The fraction of sp³-hybridized carbons (Fsp3) is 0.481. The normalized spacial score (nSPS) is 23.6. The number of ether oxygens (including phenoxy) is 2. The minimum Gasteiger partial charge on any atom is -0.493 e. The first-order chi connectivity index (χ1) is 15.7. The van der Waals surface area contributed by atoms with E-state index in [1.165, 1.54) is 12.8 Å². The lowest BCUT2D eigenvalue weighted by atomic mass is 9.73. The summed E-state index contributed by atoms with van der Waals surface area (Å²) in [5.41, 5.74) is 3.13. The predicted octanol–water partition coefficient (Wildman–Crippen LogP) is 5.57. The average Bonchev–Trinajstić information content (AvgIpc) is 3.35. The van der Waals surface area contributed by atoms with Crippen LogP contribution in [0.5, 0.6) is 11.5 Å². The Morgan fingerprint density at radius 3 is 2.38 bits per heavy atom. The molecule has 168 valence electrons. The molecule has 2 saturated carbocycles. The number of hydrogen-bond acceptors (Lipinski definition) is 4. The van der Waals surface area contributed by atoms with Crippen molar-refractivity contribution in [3.8, 4) is 11.5 Å². The third-order valence-electron chi connectivity index (χ3n) is 7.15. The van der Waals surface area contributed by atoms with Crippen LogP contribution < -0.4 is 9.47 Å². The number of amides is 1. The largest absolute Gasteiger partial charge is 0.493 e. The molecule has 5 nitrogen and oxygen atoms in total. The van der Waals surface area contributed by atoms with Crippen molar-refractivity contribution in [2.75, 3.05) is 7.11 Å². The van der Waals surface area contributed by atoms with E-state index in [1.807, 2.05) is 42.5 Å².